The Bertz CT molecular complexity index is 1250. The molecule has 0 spiro atoms. The highest BCUT2D eigenvalue weighted by molar-refractivity contribution is 9.10. The van der Waals surface area contributed by atoms with Gasteiger partial charge in [0.15, 0.2) is 6.61 Å². The van der Waals surface area contributed by atoms with Crippen molar-refractivity contribution in [3.05, 3.63) is 94.0 Å². The molecule has 0 saturated carbocycles. The molecule has 0 bridgehead atoms. The lowest BCUT2D eigenvalue weighted by Crippen LogP contribution is -2.55. The Morgan fingerprint density at radius 2 is 1.64 bits per heavy atom. The molecule has 1 unspecified atom stereocenters. The van der Waals surface area contributed by atoms with E-state index in [0.29, 0.717) is 23.8 Å². The van der Waals surface area contributed by atoms with Crippen molar-refractivity contribution in [2.75, 3.05) is 13.7 Å². The van der Waals surface area contributed by atoms with E-state index in [-0.39, 0.29) is 25.0 Å². The summed E-state index contributed by atoms with van der Waals surface area (Å²) >= 11 is 3.57. The van der Waals surface area contributed by atoms with Crippen molar-refractivity contribution in [3.63, 3.8) is 0 Å². The number of carbonyl (C=O) groups is 2. The van der Waals surface area contributed by atoms with Gasteiger partial charge in [-0.1, -0.05) is 62.4 Å². The summed E-state index contributed by atoms with van der Waals surface area (Å²) in [6.07, 6.45) is 0.366. The van der Waals surface area contributed by atoms with Crippen LogP contribution in [0.1, 0.15) is 57.2 Å². The lowest BCUT2D eigenvalue weighted by Gasteiger charge is -2.34. The topological polar surface area (TPSA) is 67.9 Å². The average molecular weight is 596 g/mol. The molecule has 2 amide bonds. The Morgan fingerprint density at radius 1 is 0.949 bits per heavy atom. The maximum Gasteiger partial charge on any atom is 0.261 e. The number of methoxy groups -OCH3 is 1. The van der Waals surface area contributed by atoms with Gasteiger partial charge in [-0.25, -0.2) is 0 Å². The van der Waals surface area contributed by atoms with E-state index >= 15 is 0 Å². The summed E-state index contributed by atoms with van der Waals surface area (Å²) in [5.41, 5.74) is 2.52. The molecule has 7 heteroatoms. The van der Waals surface area contributed by atoms with Crippen LogP contribution < -0.4 is 14.8 Å². The second-order valence-electron chi connectivity index (χ2n) is 11.0. The third kappa shape index (κ3) is 9.13. The van der Waals surface area contributed by atoms with Gasteiger partial charge in [0.05, 0.1) is 11.6 Å². The Balaban J connectivity index is 1.94. The first-order valence-corrected chi connectivity index (χ1v) is 14.0. The highest BCUT2D eigenvalue weighted by Gasteiger charge is 2.32. The molecule has 6 nitrogen and oxygen atoms in total. The fourth-order valence-corrected chi connectivity index (χ4v) is 4.70. The average Bonchev–Trinajstić information content (AvgIpc) is 2.89. The molecule has 208 valence electrons. The SMILES string of the molecule is COc1cccc(CN(C(=O)COc2ccc(C(C)C)cc2Br)C(Cc2ccccc2)C(=O)NC(C)(C)C)c1. The molecule has 39 heavy (non-hydrogen) atoms. The predicted molar refractivity (Wildman–Crippen MR) is 159 cm³/mol. The van der Waals surface area contributed by atoms with Gasteiger partial charge in [-0.3, -0.25) is 9.59 Å². The zero-order valence-electron chi connectivity index (χ0n) is 23.7. The second-order valence-corrected chi connectivity index (χ2v) is 11.8. The Hall–Kier alpha value is -3.32. The first kappa shape index (κ1) is 30.2. The molecule has 0 aliphatic rings. The van der Waals surface area contributed by atoms with Crippen LogP contribution in [0.2, 0.25) is 0 Å². The molecule has 0 radical (unpaired) electrons. The number of nitrogens with zero attached hydrogens (tertiary/aromatic N) is 1. The van der Waals surface area contributed by atoms with E-state index in [2.05, 4.69) is 35.1 Å². The van der Waals surface area contributed by atoms with E-state index < -0.39 is 11.6 Å². The Labute approximate surface area is 240 Å². The zero-order chi connectivity index (χ0) is 28.6. The lowest BCUT2D eigenvalue weighted by molar-refractivity contribution is -0.143. The van der Waals surface area contributed by atoms with Gasteiger partial charge < -0.3 is 19.7 Å². The molecule has 0 heterocycles. The molecule has 0 fully saturated rings. The van der Waals surface area contributed by atoms with Crippen LogP contribution in [0.25, 0.3) is 0 Å². The van der Waals surface area contributed by atoms with Gasteiger partial charge in [0.1, 0.15) is 17.5 Å². The van der Waals surface area contributed by atoms with Gasteiger partial charge in [-0.05, 0) is 83.6 Å². The molecule has 0 saturated heterocycles. The summed E-state index contributed by atoms with van der Waals surface area (Å²) in [4.78, 5) is 29.1. The third-order valence-corrected chi connectivity index (χ3v) is 6.85. The van der Waals surface area contributed by atoms with E-state index in [0.717, 1.165) is 15.6 Å². The van der Waals surface area contributed by atoms with Gasteiger partial charge >= 0.3 is 0 Å². The number of ether oxygens (including phenoxy) is 2. The molecule has 0 aliphatic heterocycles. The van der Waals surface area contributed by atoms with Gasteiger partial charge in [0.2, 0.25) is 5.91 Å². The molecule has 1 N–H and O–H groups in total. The number of rotatable bonds is 11. The molecule has 0 aliphatic carbocycles. The monoisotopic (exact) mass is 594 g/mol. The highest BCUT2D eigenvalue weighted by Crippen LogP contribution is 2.29. The molecule has 1 atom stereocenters. The maximum atomic E-state index is 13.8. The molecule has 3 aromatic rings. The van der Waals surface area contributed by atoms with Crippen LogP contribution >= 0.6 is 15.9 Å². The van der Waals surface area contributed by atoms with Gasteiger partial charge in [0, 0.05) is 18.5 Å². The Morgan fingerprint density at radius 3 is 2.26 bits per heavy atom. The number of hydrogen-bond donors (Lipinski definition) is 1. The minimum Gasteiger partial charge on any atom is -0.497 e. The molecule has 0 aromatic heterocycles. The van der Waals surface area contributed by atoms with Crippen LogP contribution in [0.3, 0.4) is 0 Å². The largest absolute Gasteiger partial charge is 0.497 e. The number of amides is 2. The van der Waals surface area contributed by atoms with Crippen molar-refractivity contribution in [1.82, 2.24) is 10.2 Å². The maximum absolute atomic E-state index is 13.8. The highest BCUT2D eigenvalue weighted by atomic mass is 79.9. The van der Waals surface area contributed by atoms with E-state index in [1.165, 1.54) is 5.56 Å². The Kier molecular flexibility index (Phi) is 10.6. The molecule has 3 aromatic carbocycles. The number of halogens is 1. The van der Waals surface area contributed by atoms with Crippen molar-refractivity contribution in [1.29, 1.82) is 0 Å². The first-order valence-electron chi connectivity index (χ1n) is 13.2. The zero-order valence-corrected chi connectivity index (χ0v) is 25.2. The summed E-state index contributed by atoms with van der Waals surface area (Å²) < 4.78 is 12.2. The number of hydrogen-bond acceptors (Lipinski definition) is 4. The summed E-state index contributed by atoms with van der Waals surface area (Å²) in [5, 5.41) is 3.08. The second kappa shape index (κ2) is 13.7. The van der Waals surface area contributed by atoms with Crippen LogP contribution in [0.5, 0.6) is 11.5 Å². The minimum absolute atomic E-state index is 0.211. The standard InChI is InChI=1S/C32H39BrN2O4/c1-22(2)25-15-16-29(27(33)19-25)39-21-30(36)35(20-24-13-10-14-26(17-24)38-6)28(31(37)34-32(3,4)5)18-23-11-8-7-9-12-23/h7-17,19,22,28H,18,20-21H2,1-6H3,(H,34,37). The number of nitrogens with one attached hydrogen (secondary N) is 1. The summed E-state index contributed by atoms with van der Waals surface area (Å²) in [7, 11) is 1.60. The fourth-order valence-electron chi connectivity index (χ4n) is 4.19. The molecule has 3 rings (SSSR count). The number of benzene rings is 3. The van der Waals surface area contributed by atoms with Gasteiger partial charge in [0.25, 0.3) is 5.91 Å². The molecular formula is C32H39BrN2O4. The first-order chi connectivity index (χ1) is 18.5. The predicted octanol–water partition coefficient (Wildman–Crippen LogP) is 6.51. The fraction of sp³-hybridized carbons (Fsp3) is 0.375. The lowest BCUT2D eigenvalue weighted by atomic mass is 10.0. The van der Waals surface area contributed by atoms with Crippen LogP contribution in [0, 0.1) is 0 Å². The summed E-state index contributed by atoms with van der Waals surface area (Å²) in [6.45, 7) is 10.1. The van der Waals surface area contributed by atoms with E-state index in [1.807, 2.05) is 93.6 Å². The van der Waals surface area contributed by atoms with E-state index in [4.69, 9.17) is 9.47 Å². The minimum atomic E-state index is -0.749. The van der Waals surface area contributed by atoms with Crippen LogP contribution in [0.15, 0.2) is 77.3 Å². The van der Waals surface area contributed by atoms with Crippen molar-refractivity contribution >= 4 is 27.7 Å². The normalized spacial score (nSPS) is 12.1. The summed E-state index contributed by atoms with van der Waals surface area (Å²) in [5.74, 6) is 1.13. The molecular weight excluding hydrogens is 556 g/mol. The van der Waals surface area contributed by atoms with E-state index in [9.17, 15) is 9.59 Å². The van der Waals surface area contributed by atoms with Crippen molar-refractivity contribution in [3.8, 4) is 11.5 Å². The summed E-state index contributed by atoms with van der Waals surface area (Å²) in [6, 6.07) is 22.4. The van der Waals surface area contributed by atoms with Crippen LogP contribution in [-0.2, 0) is 22.6 Å². The number of carbonyl (C=O) groups excluding carboxylic acids is 2. The van der Waals surface area contributed by atoms with Crippen molar-refractivity contribution in [2.45, 2.75) is 65.1 Å². The van der Waals surface area contributed by atoms with Gasteiger partial charge in [-0.15, -0.1) is 0 Å². The smallest absolute Gasteiger partial charge is 0.261 e. The van der Waals surface area contributed by atoms with Crippen molar-refractivity contribution in [2.24, 2.45) is 0 Å². The van der Waals surface area contributed by atoms with Gasteiger partial charge in [-0.2, -0.15) is 0 Å². The van der Waals surface area contributed by atoms with Crippen LogP contribution in [0.4, 0.5) is 0 Å². The van der Waals surface area contributed by atoms with Crippen LogP contribution in [-0.4, -0.2) is 42.0 Å². The van der Waals surface area contributed by atoms with E-state index in [1.54, 1.807) is 12.0 Å². The van der Waals surface area contributed by atoms with Crippen molar-refractivity contribution < 1.29 is 19.1 Å². The third-order valence-electron chi connectivity index (χ3n) is 6.23. The quantitative estimate of drug-likeness (QED) is 0.274.